The van der Waals surface area contributed by atoms with Crippen molar-refractivity contribution in [1.82, 2.24) is 5.32 Å². The maximum Gasteiger partial charge on any atom is 0.0133 e. The van der Waals surface area contributed by atoms with E-state index in [1.807, 2.05) is 0 Å². The van der Waals surface area contributed by atoms with Gasteiger partial charge in [-0.2, -0.15) is 0 Å². The molecule has 2 rings (SSSR count). The van der Waals surface area contributed by atoms with Crippen molar-refractivity contribution >= 4 is 0 Å². The van der Waals surface area contributed by atoms with Crippen molar-refractivity contribution in [2.75, 3.05) is 6.54 Å². The van der Waals surface area contributed by atoms with E-state index in [2.05, 4.69) is 12.2 Å². The molecule has 1 aliphatic carbocycles. The van der Waals surface area contributed by atoms with Crippen LogP contribution in [0.3, 0.4) is 0 Å². The largest absolute Gasteiger partial charge is 0.313 e. The highest BCUT2D eigenvalue weighted by molar-refractivity contribution is 4.95. The molecule has 0 aromatic rings. The molecule has 0 radical (unpaired) electrons. The zero-order valence-electron chi connectivity index (χ0n) is 6.82. The summed E-state index contributed by atoms with van der Waals surface area (Å²) < 4.78 is 0. The number of hydrogen-bond donors (Lipinski definition) is 1. The van der Waals surface area contributed by atoms with Gasteiger partial charge in [0.15, 0.2) is 0 Å². The number of nitrogens with one attached hydrogen (secondary N) is 1. The van der Waals surface area contributed by atoms with E-state index < -0.39 is 0 Å². The van der Waals surface area contributed by atoms with Gasteiger partial charge in [0.05, 0.1) is 0 Å². The fraction of sp³-hybridized carbons (Fsp3) is 1.00. The summed E-state index contributed by atoms with van der Waals surface area (Å²) in [6.45, 7) is 3.72. The minimum Gasteiger partial charge on any atom is -0.313 e. The van der Waals surface area contributed by atoms with Crippen LogP contribution in [0.15, 0.2) is 0 Å². The summed E-state index contributed by atoms with van der Waals surface area (Å²) in [6.07, 6.45) is 7.29. The third kappa shape index (κ3) is 0.878. The van der Waals surface area contributed by atoms with Crippen molar-refractivity contribution in [3.63, 3.8) is 0 Å². The molecule has 1 saturated heterocycles. The van der Waals surface area contributed by atoms with E-state index >= 15 is 0 Å². The van der Waals surface area contributed by atoms with Crippen LogP contribution in [0, 0.1) is 5.41 Å². The Labute approximate surface area is 63.2 Å². The molecule has 1 unspecified atom stereocenters. The highest BCUT2D eigenvalue weighted by Crippen LogP contribution is 2.43. The van der Waals surface area contributed by atoms with E-state index in [9.17, 15) is 0 Å². The van der Waals surface area contributed by atoms with Gasteiger partial charge in [0.2, 0.25) is 0 Å². The van der Waals surface area contributed by atoms with Crippen LogP contribution in [0.4, 0.5) is 0 Å². The fourth-order valence-electron chi connectivity index (χ4n) is 2.41. The molecule has 1 atom stereocenters. The zero-order chi connectivity index (χ0) is 7.03. The molecular weight excluding hydrogens is 122 g/mol. The molecule has 1 N–H and O–H groups in total. The average molecular weight is 139 g/mol. The quantitative estimate of drug-likeness (QED) is 0.585. The molecule has 0 aromatic heterocycles. The Morgan fingerprint density at radius 1 is 1.30 bits per heavy atom. The van der Waals surface area contributed by atoms with E-state index in [0.717, 1.165) is 6.04 Å². The Bertz CT molecular complexity index is 121. The summed E-state index contributed by atoms with van der Waals surface area (Å²) in [5.41, 5.74) is 0.679. The molecule has 58 valence electrons. The van der Waals surface area contributed by atoms with Crippen molar-refractivity contribution in [1.29, 1.82) is 0 Å². The van der Waals surface area contributed by atoms with Gasteiger partial charge in [-0.3, -0.25) is 0 Å². The Hall–Kier alpha value is -0.0400. The van der Waals surface area contributed by atoms with E-state index in [-0.39, 0.29) is 0 Å². The predicted octanol–water partition coefficient (Wildman–Crippen LogP) is 1.93. The van der Waals surface area contributed by atoms with Gasteiger partial charge < -0.3 is 5.32 Å². The lowest BCUT2D eigenvalue weighted by Gasteiger charge is -2.41. The number of rotatable bonds is 1. The van der Waals surface area contributed by atoms with Crippen LogP contribution in [0.1, 0.15) is 39.0 Å². The first-order valence-corrected chi connectivity index (χ1v) is 4.55. The lowest BCUT2D eigenvalue weighted by molar-refractivity contribution is 0.158. The van der Waals surface area contributed by atoms with Crippen molar-refractivity contribution in [3.05, 3.63) is 0 Å². The molecule has 10 heavy (non-hydrogen) atoms. The summed E-state index contributed by atoms with van der Waals surface area (Å²) in [7, 11) is 0. The Kier molecular flexibility index (Phi) is 1.48. The van der Waals surface area contributed by atoms with Crippen LogP contribution >= 0.6 is 0 Å². The molecule has 0 bridgehead atoms. The zero-order valence-corrected chi connectivity index (χ0v) is 6.82. The molecule has 2 aliphatic rings. The van der Waals surface area contributed by atoms with E-state index in [0.29, 0.717) is 5.41 Å². The molecule has 0 aromatic carbocycles. The number of hydrogen-bond acceptors (Lipinski definition) is 1. The summed E-state index contributed by atoms with van der Waals surface area (Å²) >= 11 is 0. The second kappa shape index (κ2) is 2.23. The van der Waals surface area contributed by atoms with Crippen molar-refractivity contribution in [2.24, 2.45) is 5.41 Å². The SMILES string of the molecule is CC1(C2CCN2)CCCC1. The molecule has 1 heterocycles. The first kappa shape index (κ1) is 6.66. The second-order valence-electron chi connectivity index (χ2n) is 4.16. The van der Waals surface area contributed by atoms with Gasteiger partial charge in [-0.05, 0) is 31.2 Å². The van der Waals surface area contributed by atoms with Crippen molar-refractivity contribution in [2.45, 2.75) is 45.1 Å². The van der Waals surface area contributed by atoms with E-state index in [4.69, 9.17) is 0 Å². The topological polar surface area (TPSA) is 12.0 Å². The van der Waals surface area contributed by atoms with Gasteiger partial charge in [0.1, 0.15) is 0 Å². The smallest absolute Gasteiger partial charge is 0.0133 e. The van der Waals surface area contributed by atoms with E-state index in [1.54, 1.807) is 0 Å². The highest BCUT2D eigenvalue weighted by Gasteiger charge is 2.39. The molecule has 0 spiro atoms. The highest BCUT2D eigenvalue weighted by atomic mass is 15.0. The van der Waals surface area contributed by atoms with Gasteiger partial charge in [0, 0.05) is 6.04 Å². The molecule has 1 saturated carbocycles. The maximum atomic E-state index is 3.53. The third-order valence-electron chi connectivity index (χ3n) is 3.41. The maximum absolute atomic E-state index is 3.53. The monoisotopic (exact) mass is 139 g/mol. The Balaban J connectivity index is 1.98. The molecular formula is C9H17N. The van der Waals surface area contributed by atoms with Crippen LogP contribution < -0.4 is 5.32 Å². The van der Waals surface area contributed by atoms with Crippen LogP contribution in [-0.2, 0) is 0 Å². The van der Waals surface area contributed by atoms with Crippen LogP contribution in [0.25, 0.3) is 0 Å². The van der Waals surface area contributed by atoms with Gasteiger partial charge in [-0.25, -0.2) is 0 Å². The Morgan fingerprint density at radius 2 is 1.90 bits per heavy atom. The summed E-state index contributed by atoms with van der Waals surface area (Å²) in [5, 5.41) is 3.53. The first-order valence-electron chi connectivity index (χ1n) is 4.55. The molecule has 1 heteroatoms. The van der Waals surface area contributed by atoms with Crippen LogP contribution in [-0.4, -0.2) is 12.6 Å². The summed E-state index contributed by atoms with van der Waals surface area (Å²) in [6, 6.07) is 0.870. The first-order chi connectivity index (χ1) is 4.81. The second-order valence-corrected chi connectivity index (χ2v) is 4.16. The summed E-state index contributed by atoms with van der Waals surface area (Å²) in [5.74, 6) is 0. The average Bonchev–Trinajstić information content (AvgIpc) is 2.09. The normalized spacial score (nSPS) is 37.5. The minimum absolute atomic E-state index is 0.679. The van der Waals surface area contributed by atoms with E-state index in [1.165, 1.54) is 38.6 Å². The van der Waals surface area contributed by atoms with Gasteiger partial charge >= 0.3 is 0 Å². The predicted molar refractivity (Wildman–Crippen MR) is 43.0 cm³/mol. The molecule has 1 aliphatic heterocycles. The Morgan fingerprint density at radius 3 is 2.30 bits per heavy atom. The molecule has 2 fully saturated rings. The van der Waals surface area contributed by atoms with Gasteiger partial charge in [-0.15, -0.1) is 0 Å². The minimum atomic E-state index is 0.679. The molecule has 1 nitrogen and oxygen atoms in total. The lowest BCUT2D eigenvalue weighted by Crippen LogP contribution is -2.52. The summed E-state index contributed by atoms with van der Waals surface area (Å²) in [4.78, 5) is 0. The van der Waals surface area contributed by atoms with Crippen LogP contribution in [0.5, 0.6) is 0 Å². The van der Waals surface area contributed by atoms with Crippen molar-refractivity contribution < 1.29 is 0 Å². The van der Waals surface area contributed by atoms with Crippen LogP contribution in [0.2, 0.25) is 0 Å². The molecule has 0 amide bonds. The third-order valence-corrected chi connectivity index (χ3v) is 3.41. The lowest BCUT2D eigenvalue weighted by atomic mass is 9.76. The van der Waals surface area contributed by atoms with Crippen molar-refractivity contribution in [3.8, 4) is 0 Å². The fourth-order valence-corrected chi connectivity index (χ4v) is 2.41. The van der Waals surface area contributed by atoms with Gasteiger partial charge in [0.25, 0.3) is 0 Å². The van der Waals surface area contributed by atoms with Gasteiger partial charge in [-0.1, -0.05) is 19.8 Å². The standard InChI is InChI=1S/C9H17N/c1-9(5-2-3-6-9)8-4-7-10-8/h8,10H,2-7H2,1H3.